The van der Waals surface area contributed by atoms with E-state index in [0.29, 0.717) is 6.04 Å². The molecule has 2 unspecified atom stereocenters. The van der Waals surface area contributed by atoms with Crippen molar-refractivity contribution < 1.29 is 5.11 Å². The Morgan fingerprint density at radius 1 is 1.71 bits per heavy atom. The fourth-order valence-electron chi connectivity index (χ4n) is 1.63. The van der Waals surface area contributed by atoms with Gasteiger partial charge in [-0.2, -0.15) is 0 Å². The minimum Gasteiger partial charge on any atom is -0.393 e. The van der Waals surface area contributed by atoms with E-state index >= 15 is 0 Å². The van der Waals surface area contributed by atoms with Crippen LogP contribution in [0.2, 0.25) is 0 Å². The van der Waals surface area contributed by atoms with Crippen LogP contribution in [0, 0.1) is 0 Å². The molecule has 2 N–H and O–H groups in total. The molecule has 82 valence electrons. The van der Waals surface area contributed by atoms with Gasteiger partial charge in [-0.05, 0) is 26.8 Å². The van der Waals surface area contributed by atoms with Crippen LogP contribution in [0.15, 0.2) is 0 Å². The molecule has 0 spiro atoms. The van der Waals surface area contributed by atoms with Crippen molar-refractivity contribution in [1.29, 1.82) is 0 Å². The minimum atomic E-state index is -0.207. The number of aliphatic hydroxyl groups excluding tert-OH is 1. The average molecular weight is 216 g/mol. The molecule has 1 saturated heterocycles. The number of nitrogens with zero attached hydrogens (tertiary/aromatic N) is 1. The summed E-state index contributed by atoms with van der Waals surface area (Å²) in [6.07, 6.45) is 1.65. The van der Waals surface area contributed by atoms with E-state index in [4.69, 9.17) is 17.3 Å². The van der Waals surface area contributed by atoms with Gasteiger partial charge in [0.2, 0.25) is 0 Å². The second-order valence-electron chi connectivity index (χ2n) is 4.12. The molecule has 14 heavy (non-hydrogen) atoms. The van der Waals surface area contributed by atoms with E-state index in [0.717, 1.165) is 37.3 Å². The predicted molar refractivity (Wildman–Crippen MR) is 62.8 cm³/mol. The molecular formula is C10H20N2OS. The lowest BCUT2D eigenvalue weighted by Crippen LogP contribution is -2.39. The highest BCUT2D eigenvalue weighted by Gasteiger charge is 2.21. The Labute approximate surface area is 91.5 Å². The molecule has 4 heteroatoms. The first-order valence-electron chi connectivity index (χ1n) is 5.22. The third-order valence-corrected chi connectivity index (χ3v) is 3.06. The summed E-state index contributed by atoms with van der Waals surface area (Å²) in [6.45, 7) is 4.74. The molecule has 3 nitrogen and oxygen atoms in total. The van der Waals surface area contributed by atoms with E-state index in [2.05, 4.69) is 17.3 Å². The summed E-state index contributed by atoms with van der Waals surface area (Å²) >= 11 is 5.26. The number of thiocarbonyl (C=S) groups is 1. The highest BCUT2D eigenvalue weighted by Crippen LogP contribution is 2.05. The Morgan fingerprint density at radius 2 is 2.43 bits per heavy atom. The first-order valence-corrected chi connectivity index (χ1v) is 5.63. The highest BCUT2D eigenvalue weighted by atomic mass is 32.1. The molecule has 0 aromatic rings. The van der Waals surface area contributed by atoms with Gasteiger partial charge in [-0.25, -0.2) is 0 Å². The number of hydrogen-bond donors (Lipinski definition) is 2. The van der Waals surface area contributed by atoms with Crippen LogP contribution in [-0.4, -0.2) is 53.7 Å². The first-order chi connectivity index (χ1) is 6.59. The average Bonchev–Trinajstić information content (AvgIpc) is 2.49. The molecule has 1 heterocycles. The maximum atomic E-state index is 9.15. The first kappa shape index (κ1) is 12.0. The van der Waals surface area contributed by atoms with Gasteiger partial charge in [-0.3, -0.25) is 0 Å². The quantitative estimate of drug-likeness (QED) is 0.653. The lowest BCUT2D eigenvalue weighted by atomic mass is 10.2. The van der Waals surface area contributed by atoms with E-state index in [1.165, 1.54) is 0 Å². The zero-order chi connectivity index (χ0) is 10.6. The molecule has 1 fully saturated rings. The van der Waals surface area contributed by atoms with Crippen molar-refractivity contribution in [2.45, 2.75) is 31.9 Å². The van der Waals surface area contributed by atoms with Gasteiger partial charge in [0.15, 0.2) is 0 Å². The third-order valence-electron chi connectivity index (χ3n) is 2.57. The van der Waals surface area contributed by atoms with Gasteiger partial charge in [0, 0.05) is 24.5 Å². The zero-order valence-electron chi connectivity index (χ0n) is 8.99. The molecule has 0 bridgehead atoms. The lowest BCUT2D eigenvalue weighted by molar-refractivity contribution is 0.163. The summed E-state index contributed by atoms with van der Waals surface area (Å²) in [5.74, 6) is 0. The second-order valence-corrected chi connectivity index (χ2v) is 4.65. The Kier molecular flexibility index (Phi) is 4.95. The molecule has 2 atom stereocenters. The fraction of sp³-hybridized carbons (Fsp3) is 0.900. The summed E-state index contributed by atoms with van der Waals surface area (Å²) in [4.78, 5) is 3.37. The van der Waals surface area contributed by atoms with E-state index in [1.54, 1.807) is 0 Å². The van der Waals surface area contributed by atoms with Gasteiger partial charge in [0.25, 0.3) is 0 Å². The summed E-state index contributed by atoms with van der Waals surface area (Å²) in [5.41, 5.74) is 0. The molecule has 0 aromatic heterocycles. The van der Waals surface area contributed by atoms with Crippen molar-refractivity contribution in [3.05, 3.63) is 0 Å². The SMILES string of the molecule is CC(O)CCN(C)CC1NCCC1=S. The number of rotatable bonds is 5. The van der Waals surface area contributed by atoms with Gasteiger partial charge in [0.1, 0.15) is 0 Å². The maximum Gasteiger partial charge on any atom is 0.0524 e. The van der Waals surface area contributed by atoms with Crippen molar-refractivity contribution in [2.24, 2.45) is 0 Å². The van der Waals surface area contributed by atoms with Gasteiger partial charge in [0.05, 0.1) is 12.1 Å². The lowest BCUT2D eigenvalue weighted by Gasteiger charge is -2.21. The summed E-state index contributed by atoms with van der Waals surface area (Å²) in [7, 11) is 2.07. The van der Waals surface area contributed by atoms with Gasteiger partial charge in [-0.15, -0.1) is 0 Å². The summed E-state index contributed by atoms with van der Waals surface area (Å²) < 4.78 is 0. The van der Waals surface area contributed by atoms with Crippen molar-refractivity contribution in [2.75, 3.05) is 26.7 Å². The molecule has 0 amide bonds. The largest absolute Gasteiger partial charge is 0.393 e. The summed E-state index contributed by atoms with van der Waals surface area (Å²) in [6, 6.07) is 0.379. The van der Waals surface area contributed by atoms with Crippen molar-refractivity contribution >= 4 is 17.1 Å². The molecule has 0 aromatic carbocycles. The Bertz CT molecular complexity index is 197. The van der Waals surface area contributed by atoms with Crippen LogP contribution < -0.4 is 5.32 Å². The Morgan fingerprint density at radius 3 is 2.93 bits per heavy atom. The van der Waals surface area contributed by atoms with Crippen molar-refractivity contribution in [3.8, 4) is 0 Å². The van der Waals surface area contributed by atoms with E-state index in [-0.39, 0.29) is 6.10 Å². The summed E-state index contributed by atoms with van der Waals surface area (Å²) in [5, 5.41) is 12.5. The smallest absolute Gasteiger partial charge is 0.0524 e. The van der Waals surface area contributed by atoms with Crippen LogP contribution >= 0.6 is 12.2 Å². The van der Waals surface area contributed by atoms with Gasteiger partial charge < -0.3 is 15.3 Å². The molecule has 1 aliphatic heterocycles. The standard InChI is InChI=1S/C10H20N2OS/c1-8(13)4-6-12(2)7-9-10(14)3-5-11-9/h8-9,11,13H,3-7H2,1-2H3. The Balaban J connectivity index is 2.19. The number of nitrogens with one attached hydrogen (secondary N) is 1. The van der Waals surface area contributed by atoms with Crippen LogP contribution in [0.1, 0.15) is 19.8 Å². The molecule has 0 radical (unpaired) electrons. The molecular weight excluding hydrogens is 196 g/mol. The fourth-order valence-corrected chi connectivity index (χ4v) is 1.89. The molecule has 1 rings (SSSR count). The van der Waals surface area contributed by atoms with Crippen LogP contribution in [0.5, 0.6) is 0 Å². The highest BCUT2D eigenvalue weighted by molar-refractivity contribution is 7.80. The van der Waals surface area contributed by atoms with Gasteiger partial charge >= 0.3 is 0 Å². The van der Waals surface area contributed by atoms with Crippen LogP contribution in [0.3, 0.4) is 0 Å². The topological polar surface area (TPSA) is 35.5 Å². The molecule has 1 aliphatic rings. The van der Waals surface area contributed by atoms with Crippen molar-refractivity contribution in [3.63, 3.8) is 0 Å². The predicted octanol–water partition coefficient (Wildman–Crippen LogP) is 0.421. The normalized spacial score (nSPS) is 24.6. The zero-order valence-corrected chi connectivity index (χ0v) is 9.81. The second kappa shape index (κ2) is 5.75. The molecule has 0 saturated carbocycles. The molecule has 0 aliphatic carbocycles. The Hall–Kier alpha value is -0.0300. The number of aliphatic hydroxyl groups is 1. The van der Waals surface area contributed by atoms with Crippen LogP contribution in [0.25, 0.3) is 0 Å². The van der Waals surface area contributed by atoms with Gasteiger partial charge in [-0.1, -0.05) is 12.2 Å². The third kappa shape index (κ3) is 4.00. The van der Waals surface area contributed by atoms with Crippen LogP contribution in [0.4, 0.5) is 0 Å². The number of likely N-dealkylation sites (N-methyl/N-ethyl adjacent to an activating group) is 1. The van der Waals surface area contributed by atoms with Crippen molar-refractivity contribution in [1.82, 2.24) is 10.2 Å². The van der Waals surface area contributed by atoms with Crippen LogP contribution in [-0.2, 0) is 0 Å². The van der Waals surface area contributed by atoms with E-state index < -0.39 is 0 Å². The maximum absolute atomic E-state index is 9.15. The van der Waals surface area contributed by atoms with E-state index in [9.17, 15) is 0 Å². The number of hydrogen-bond acceptors (Lipinski definition) is 4. The van der Waals surface area contributed by atoms with E-state index in [1.807, 2.05) is 6.92 Å². The minimum absolute atomic E-state index is 0.207. The monoisotopic (exact) mass is 216 g/mol.